The fourth-order valence-electron chi connectivity index (χ4n) is 3.34. The van der Waals surface area contributed by atoms with Crippen LogP contribution in [-0.2, 0) is 10.0 Å². The maximum absolute atomic E-state index is 12.9. The molecule has 4 aromatic rings. The van der Waals surface area contributed by atoms with Crippen molar-refractivity contribution in [2.75, 3.05) is 10.0 Å². The molecule has 4 rings (SSSR count). The third-order valence-electron chi connectivity index (χ3n) is 4.99. The molecule has 0 radical (unpaired) electrons. The van der Waals surface area contributed by atoms with Gasteiger partial charge in [0.1, 0.15) is 0 Å². The van der Waals surface area contributed by atoms with E-state index < -0.39 is 10.0 Å². The van der Waals surface area contributed by atoms with Crippen molar-refractivity contribution in [3.63, 3.8) is 0 Å². The Morgan fingerprint density at radius 3 is 2.48 bits per heavy atom. The monoisotopic (exact) mass is 483 g/mol. The zero-order chi connectivity index (χ0) is 23.8. The molecule has 2 heterocycles. The van der Waals surface area contributed by atoms with E-state index in [0.717, 1.165) is 5.39 Å². The van der Waals surface area contributed by atoms with E-state index in [4.69, 9.17) is 11.6 Å². The molecule has 0 bridgehead atoms. The summed E-state index contributed by atoms with van der Waals surface area (Å²) in [7, 11) is -3.86. The maximum atomic E-state index is 12.9. The predicted molar refractivity (Wildman–Crippen MR) is 129 cm³/mol. The number of sulfonamides is 1. The average Bonchev–Trinajstić information content (AvgIpc) is 3.18. The molecule has 10 heteroatoms. The van der Waals surface area contributed by atoms with Crippen LogP contribution in [0.1, 0.15) is 35.9 Å². The van der Waals surface area contributed by atoms with E-state index in [1.165, 1.54) is 12.1 Å². The summed E-state index contributed by atoms with van der Waals surface area (Å²) in [6.07, 6.45) is 1.67. The molecule has 1 amide bonds. The van der Waals surface area contributed by atoms with Crippen LogP contribution in [-0.4, -0.2) is 29.1 Å². The number of halogens is 1. The van der Waals surface area contributed by atoms with Crippen LogP contribution in [0, 0.1) is 6.92 Å². The Balaban J connectivity index is 1.57. The van der Waals surface area contributed by atoms with Gasteiger partial charge in [0.2, 0.25) is 0 Å². The highest BCUT2D eigenvalue weighted by molar-refractivity contribution is 7.92. The lowest BCUT2D eigenvalue weighted by atomic mass is 10.1. The molecule has 0 spiro atoms. The Hall–Kier alpha value is -3.43. The van der Waals surface area contributed by atoms with Gasteiger partial charge < -0.3 is 5.32 Å². The van der Waals surface area contributed by atoms with Gasteiger partial charge in [-0.1, -0.05) is 17.7 Å². The standard InChI is InChI=1S/C23H22ClN5O3S/c1-14(2)29-22-16(13-25-29)11-21(15(3)26-22)23(30)27-19-5-4-6-20(12-19)33(31,32)28-18-9-7-17(24)8-10-18/h4-14,28H,1-3H3,(H,27,30). The SMILES string of the molecule is Cc1nc2c(cnn2C(C)C)cc1C(=O)Nc1cccc(S(=O)(=O)Nc2ccc(Cl)cc2)c1. The van der Waals surface area contributed by atoms with Crippen LogP contribution in [0.25, 0.3) is 11.0 Å². The van der Waals surface area contributed by atoms with E-state index in [0.29, 0.717) is 33.3 Å². The van der Waals surface area contributed by atoms with Crippen LogP contribution < -0.4 is 10.0 Å². The molecule has 0 atom stereocenters. The van der Waals surface area contributed by atoms with Gasteiger partial charge in [0, 0.05) is 27.8 Å². The van der Waals surface area contributed by atoms with E-state index >= 15 is 0 Å². The highest BCUT2D eigenvalue weighted by Crippen LogP contribution is 2.23. The van der Waals surface area contributed by atoms with Gasteiger partial charge in [-0.3, -0.25) is 9.52 Å². The molecule has 33 heavy (non-hydrogen) atoms. The third-order valence-corrected chi connectivity index (χ3v) is 6.62. The molecule has 0 fully saturated rings. The summed E-state index contributed by atoms with van der Waals surface area (Å²) in [6, 6.07) is 14.2. The van der Waals surface area contributed by atoms with Crippen LogP contribution in [0.3, 0.4) is 0 Å². The smallest absolute Gasteiger partial charge is 0.261 e. The summed E-state index contributed by atoms with van der Waals surface area (Å²) >= 11 is 5.85. The highest BCUT2D eigenvalue weighted by atomic mass is 35.5. The van der Waals surface area contributed by atoms with Crippen molar-refractivity contribution in [2.45, 2.75) is 31.7 Å². The molecule has 2 N–H and O–H groups in total. The molecule has 0 saturated heterocycles. The van der Waals surface area contributed by atoms with Crippen molar-refractivity contribution in [2.24, 2.45) is 0 Å². The Labute approximate surface area is 196 Å². The molecule has 0 aliphatic heterocycles. The maximum Gasteiger partial charge on any atom is 0.261 e. The number of aryl methyl sites for hydroxylation is 1. The van der Waals surface area contributed by atoms with Crippen molar-refractivity contribution in [1.29, 1.82) is 0 Å². The zero-order valence-corrected chi connectivity index (χ0v) is 19.8. The Kier molecular flexibility index (Phi) is 6.09. The van der Waals surface area contributed by atoms with Crippen molar-refractivity contribution in [3.8, 4) is 0 Å². The van der Waals surface area contributed by atoms with Crippen molar-refractivity contribution in [1.82, 2.24) is 14.8 Å². The number of carbonyl (C=O) groups is 1. The predicted octanol–water partition coefficient (Wildman–Crippen LogP) is 5.03. The third kappa shape index (κ3) is 4.84. The minimum Gasteiger partial charge on any atom is -0.322 e. The molecule has 2 aromatic heterocycles. The van der Waals surface area contributed by atoms with Crippen LogP contribution in [0.5, 0.6) is 0 Å². The number of pyridine rings is 1. The molecule has 0 aliphatic carbocycles. The zero-order valence-electron chi connectivity index (χ0n) is 18.2. The fraction of sp³-hybridized carbons (Fsp3) is 0.174. The van der Waals surface area contributed by atoms with E-state index in [-0.39, 0.29) is 16.8 Å². The summed E-state index contributed by atoms with van der Waals surface area (Å²) in [6.45, 7) is 5.77. The Bertz CT molecular complexity index is 1450. The van der Waals surface area contributed by atoms with Crippen LogP contribution in [0.2, 0.25) is 5.02 Å². The number of carbonyl (C=O) groups excluding carboxylic acids is 1. The number of rotatable bonds is 6. The van der Waals surface area contributed by atoms with E-state index in [2.05, 4.69) is 20.1 Å². The number of hydrogen-bond acceptors (Lipinski definition) is 5. The minimum atomic E-state index is -3.86. The second-order valence-electron chi connectivity index (χ2n) is 7.81. The summed E-state index contributed by atoms with van der Waals surface area (Å²) in [5, 5.41) is 8.36. The number of hydrogen-bond donors (Lipinski definition) is 2. The first-order chi connectivity index (χ1) is 15.6. The molecule has 0 saturated carbocycles. The van der Waals surface area contributed by atoms with Gasteiger partial charge in [0.05, 0.1) is 22.3 Å². The second-order valence-corrected chi connectivity index (χ2v) is 9.93. The number of amides is 1. The molecular weight excluding hydrogens is 462 g/mol. The molecule has 0 aliphatic rings. The highest BCUT2D eigenvalue weighted by Gasteiger charge is 2.18. The summed E-state index contributed by atoms with van der Waals surface area (Å²) in [5.74, 6) is -0.389. The van der Waals surface area contributed by atoms with Gasteiger partial charge in [-0.15, -0.1) is 0 Å². The van der Waals surface area contributed by atoms with Gasteiger partial charge in [-0.05, 0) is 69.3 Å². The average molecular weight is 484 g/mol. The first-order valence-corrected chi connectivity index (χ1v) is 12.0. The molecule has 0 unspecified atom stereocenters. The van der Waals surface area contributed by atoms with Gasteiger partial charge in [-0.2, -0.15) is 5.10 Å². The fourth-order valence-corrected chi connectivity index (χ4v) is 4.57. The minimum absolute atomic E-state index is 0.0127. The normalized spacial score (nSPS) is 11.7. The first kappa shape index (κ1) is 22.8. The topological polar surface area (TPSA) is 106 Å². The molecule has 170 valence electrons. The van der Waals surface area contributed by atoms with E-state index in [9.17, 15) is 13.2 Å². The lowest BCUT2D eigenvalue weighted by molar-refractivity contribution is 0.102. The lowest BCUT2D eigenvalue weighted by Gasteiger charge is -2.12. The second kappa shape index (κ2) is 8.84. The van der Waals surface area contributed by atoms with E-state index in [1.807, 2.05) is 13.8 Å². The van der Waals surface area contributed by atoms with Crippen LogP contribution in [0.4, 0.5) is 11.4 Å². The Morgan fingerprint density at radius 2 is 1.79 bits per heavy atom. The van der Waals surface area contributed by atoms with Gasteiger partial charge in [-0.25, -0.2) is 18.1 Å². The largest absolute Gasteiger partial charge is 0.322 e. The van der Waals surface area contributed by atoms with Crippen LogP contribution >= 0.6 is 11.6 Å². The lowest BCUT2D eigenvalue weighted by Crippen LogP contribution is -2.16. The van der Waals surface area contributed by atoms with Crippen LogP contribution in [0.15, 0.2) is 65.7 Å². The number of nitrogens with one attached hydrogen (secondary N) is 2. The first-order valence-electron chi connectivity index (χ1n) is 10.2. The summed E-state index contributed by atoms with van der Waals surface area (Å²) in [4.78, 5) is 17.5. The summed E-state index contributed by atoms with van der Waals surface area (Å²) in [5.41, 5.74) is 2.37. The number of anilines is 2. The van der Waals surface area contributed by atoms with Crippen molar-refractivity contribution >= 4 is 49.9 Å². The molecule has 8 nitrogen and oxygen atoms in total. The van der Waals surface area contributed by atoms with E-state index in [1.54, 1.807) is 60.3 Å². The number of fused-ring (bicyclic) bond motifs is 1. The Morgan fingerprint density at radius 1 is 1.06 bits per heavy atom. The molecule has 2 aromatic carbocycles. The number of benzene rings is 2. The summed E-state index contributed by atoms with van der Waals surface area (Å²) < 4.78 is 29.8. The quantitative estimate of drug-likeness (QED) is 0.400. The van der Waals surface area contributed by atoms with Gasteiger partial charge in [0.25, 0.3) is 15.9 Å². The van der Waals surface area contributed by atoms with Gasteiger partial charge in [0.15, 0.2) is 5.65 Å². The van der Waals surface area contributed by atoms with Crippen molar-refractivity contribution < 1.29 is 13.2 Å². The molecular formula is C23H22ClN5O3S. The number of aromatic nitrogens is 3. The number of nitrogens with zero attached hydrogens (tertiary/aromatic N) is 3. The van der Waals surface area contributed by atoms with Crippen molar-refractivity contribution in [3.05, 3.63) is 77.1 Å². The van der Waals surface area contributed by atoms with Gasteiger partial charge >= 0.3 is 0 Å².